The Kier molecular flexibility index (Phi) is 4.72. The highest BCUT2D eigenvalue weighted by atomic mass is 16.5. The van der Waals surface area contributed by atoms with E-state index in [-0.39, 0.29) is 12.3 Å². The average Bonchev–Trinajstić information content (AvgIpc) is 3.20. The molecule has 0 saturated carbocycles. The van der Waals surface area contributed by atoms with Gasteiger partial charge in [-0.2, -0.15) is 0 Å². The molecule has 0 spiro atoms. The third kappa shape index (κ3) is 3.20. The fourth-order valence-corrected chi connectivity index (χ4v) is 3.52. The van der Waals surface area contributed by atoms with Crippen LogP contribution >= 0.6 is 0 Å². The van der Waals surface area contributed by atoms with Crippen molar-refractivity contribution in [2.75, 3.05) is 19.5 Å². The fourth-order valence-electron chi connectivity index (χ4n) is 3.52. The van der Waals surface area contributed by atoms with E-state index in [1.165, 1.54) is 14.2 Å². The molecule has 0 fully saturated rings. The molecule has 2 heterocycles. The van der Waals surface area contributed by atoms with Crippen molar-refractivity contribution in [3.05, 3.63) is 64.1 Å². The minimum Gasteiger partial charge on any atom is -0.493 e. The number of methoxy groups -OCH3 is 2. The van der Waals surface area contributed by atoms with Gasteiger partial charge in [0.15, 0.2) is 11.3 Å². The largest absolute Gasteiger partial charge is 0.493 e. The molecule has 0 atom stereocenters. The lowest BCUT2D eigenvalue weighted by Gasteiger charge is -2.13. The van der Waals surface area contributed by atoms with Crippen molar-refractivity contribution in [1.82, 2.24) is 4.98 Å². The lowest BCUT2D eigenvalue weighted by atomic mass is 10.0. The van der Waals surface area contributed by atoms with Gasteiger partial charge in [0.25, 0.3) is 0 Å². The standard InChI is InChI=1S/C22H20N2O5/c1-12-13-7-8-18(27-2)21(28-3)20(13)29-22(26)15(12)11-19(25)24-17-6-4-5-16-14(17)9-10-23-16/h4-10,23H,11H2,1-3H3,(H,24,25). The number of benzene rings is 2. The van der Waals surface area contributed by atoms with E-state index in [9.17, 15) is 9.59 Å². The number of carbonyl (C=O) groups is 1. The average molecular weight is 392 g/mol. The van der Waals surface area contributed by atoms with E-state index in [1.807, 2.05) is 30.5 Å². The van der Waals surface area contributed by atoms with E-state index in [4.69, 9.17) is 13.9 Å². The highest BCUT2D eigenvalue weighted by Crippen LogP contribution is 2.36. The molecule has 29 heavy (non-hydrogen) atoms. The molecule has 0 aliphatic rings. The first kappa shape index (κ1) is 18.6. The molecule has 2 aromatic carbocycles. The Morgan fingerprint density at radius 3 is 2.69 bits per heavy atom. The van der Waals surface area contributed by atoms with E-state index in [2.05, 4.69) is 10.3 Å². The Morgan fingerprint density at radius 1 is 1.10 bits per heavy atom. The van der Waals surface area contributed by atoms with Crippen molar-refractivity contribution < 1.29 is 18.7 Å². The second-order valence-electron chi connectivity index (χ2n) is 6.64. The number of rotatable bonds is 5. The molecule has 0 bridgehead atoms. The summed E-state index contributed by atoms with van der Waals surface area (Å²) in [6.07, 6.45) is 1.71. The second-order valence-corrected chi connectivity index (χ2v) is 6.64. The molecule has 0 unspecified atom stereocenters. The van der Waals surface area contributed by atoms with Crippen LogP contribution in [0.3, 0.4) is 0 Å². The van der Waals surface area contributed by atoms with Crippen LogP contribution in [0.15, 0.2) is 51.8 Å². The number of amides is 1. The topological polar surface area (TPSA) is 93.6 Å². The zero-order valence-electron chi connectivity index (χ0n) is 16.3. The first-order valence-electron chi connectivity index (χ1n) is 9.06. The predicted octanol–water partition coefficient (Wildman–Crippen LogP) is 3.78. The van der Waals surface area contributed by atoms with E-state index in [1.54, 1.807) is 19.1 Å². The maximum atomic E-state index is 12.7. The Hall–Kier alpha value is -3.74. The van der Waals surface area contributed by atoms with Crippen LogP contribution in [-0.2, 0) is 11.2 Å². The Morgan fingerprint density at radius 2 is 1.93 bits per heavy atom. The number of aromatic nitrogens is 1. The van der Waals surface area contributed by atoms with E-state index in [0.29, 0.717) is 39.3 Å². The summed E-state index contributed by atoms with van der Waals surface area (Å²) in [5.74, 6) is 0.516. The molecule has 4 aromatic rings. The molecule has 4 rings (SSSR count). The van der Waals surface area contributed by atoms with Gasteiger partial charge in [-0.15, -0.1) is 0 Å². The number of nitrogens with one attached hydrogen (secondary N) is 2. The van der Waals surface area contributed by atoms with Crippen LogP contribution in [0.5, 0.6) is 11.5 Å². The van der Waals surface area contributed by atoms with Gasteiger partial charge in [-0.3, -0.25) is 4.79 Å². The molecule has 7 heteroatoms. The van der Waals surface area contributed by atoms with E-state index in [0.717, 1.165) is 10.9 Å². The molecular weight excluding hydrogens is 372 g/mol. The quantitative estimate of drug-likeness (QED) is 0.504. The molecule has 0 aliphatic heterocycles. The van der Waals surface area contributed by atoms with Crippen LogP contribution < -0.4 is 20.4 Å². The lowest BCUT2D eigenvalue weighted by molar-refractivity contribution is -0.115. The van der Waals surface area contributed by atoms with Gasteiger partial charge < -0.3 is 24.2 Å². The van der Waals surface area contributed by atoms with Crippen molar-refractivity contribution in [2.24, 2.45) is 0 Å². The molecule has 0 aliphatic carbocycles. The second kappa shape index (κ2) is 7.35. The lowest BCUT2D eigenvalue weighted by Crippen LogP contribution is -2.20. The molecule has 2 N–H and O–H groups in total. The van der Waals surface area contributed by atoms with Crippen molar-refractivity contribution >= 4 is 33.5 Å². The summed E-state index contributed by atoms with van der Waals surface area (Å²) in [4.78, 5) is 28.4. The molecule has 148 valence electrons. The number of fused-ring (bicyclic) bond motifs is 2. The van der Waals surface area contributed by atoms with Crippen molar-refractivity contribution in [3.8, 4) is 11.5 Å². The Balaban J connectivity index is 1.70. The maximum Gasteiger partial charge on any atom is 0.340 e. The normalized spacial score (nSPS) is 11.0. The number of hydrogen-bond donors (Lipinski definition) is 2. The van der Waals surface area contributed by atoms with Gasteiger partial charge in [-0.25, -0.2) is 4.79 Å². The monoisotopic (exact) mass is 392 g/mol. The number of H-pyrrole nitrogens is 1. The predicted molar refractivity (Wildman–Crippen MR) is 111 cm³/mol. The number of carbonyl (C=O) groups excluding carboxylic acids is 1. The smallest absolute Gasteiger partial charge is 0.340 e. The summed E-state index contributed by atoms with van der Waals surface area (Å²) in [5, 5.41) is 4.47. The highest BCUT2D eigenvalue weighted by Gasteiger charge is 2.19. The van der Waals surface area contributed by atoms with E-state index < -0.39 is 5.63 Å². The van der Waals surface area contributed by atoms with Gasteiger partial charge in [0, 0.05) is 22.5 Å². The molecular formula is C22H20N2O5. The fraction of sp³-hybridized carbons (Fsp3) is 0.182. The summed E-state index contributed by atoms with van der Waals surface area (Å²) in [6.45, 7) is 1.79. The minimum absolute atomic E-state index is 0.0980. The van der Waals surface area contributed by atoms with Crippen LogP contribution in [0, 0.1) is 6.92 Å². The summed E-state index contributed by atoms with van der Waals surface area (Å²) in [7, 11) is 2.99. The number of anilines is 1. The van der Waals surface area contributed by atoms with Gasteiger partial charge in [-0.1, -0.05) is 6.07 Å². The number of hydrogen-bond acceptors (Lipinski definition) is 5. The first-order valence-corrected chi connectivity index (χ1v) is 9.06. The third-order valence-electron chi connectivity index (χ3n) is 5.00. The van der Waals surface area contributed by atoms with E-state index >= 15 is 0 Å². The molecule has 1 amide bonds. The van der Waals surface area contributed by atoms with Crippen LogP contribution in [0.25, 0.3) is 21.9 Å². The summed E-state index contributed by atoms with van der Waals surface area (Å²) in [5.41, 5.74) is 2.32. The summed E-state index contributed by atoms with van der Waals surface area (Å²) < 4.78 is 16.1. The van der Waals surface area contributed by atoms with Crippen molar-refractivity contribution in [2.45, 2.75) is 13.3 Å². The Labute approximate surface area is 166 Å². The SMILES string of the molecule is COc1ccc2c(C)c(CC(=O)Nc3cccc4[nH]ccc34)c(=O)oc2c1OC. The van der Waals surface area contributed by atoms with Crippen molar-refractivity contribution in [3.63, 3.8) is 0 Å². The van der Waals surface area contributed by atoms with Gasteiger partial charge in [0.05, 0.1) is 31.9 Å². The third-order valence-corrected chi connectivity index (χ3v) is 5.00. The van der Waals surface area contributed by atoms with Crippen LogP contribution in [0.1, 0.15) is 11.1 Å². The van der Waals surface area contributed by atoms with Gasteiger partial charge in [-0.05, 0) is 42.8 Å². The number of aromatic amines is 1. The maximum absolute atomic E-state index is 12.7. The highest BCUT2D eigenvalue weighted by molar-refractivity contribution is 6.02. The van der Waals surface area contributed by atoms with Crippen molar-refractivity contribution in [1.29, 1.82) is 0 Å². The number of ether oxygens (including phenoxy) is 2. The Bertz CT molecular complexity index is 1290. The summed E-state index contributed by atoms with van der Waals surface area (Å²) >= 11 is 0. The molecule has 2 aromatic heterocycles. The minimum atomic E-state index is -0.573. The van der Waals surface area contributed by atoms with Gasteiger partial charge >= 0.3 is 5.63 Å². The zero-order chi connectivity index (χ0) is 20.5. The van der Waals surface area contributed by atoms with Gasteiger partial charge in [0.1, 0.15) is 0 Å². The van der Waals surface area contributed by atoms with Crippen LogP contribution in [0.4, 0.5) is 5.69 Å². The van der Waals surface area contributed by atoms with Crippen LogP contribution in [-0.4, -0.2) is 25.1 Å². The van der Waals surface area contributed by atoms with Gasteiger partial charge in [0.2, 0.25) is 11.7 Å². The molecule has 0 saturated heterocycles. The zero-order valence-corrected chi connectivity index (χ0v) is 16.3. The molecule has 7 nitrogen and oxygen atoms in total. The number of aryl methyl sites for hydroxylation is 1. The summed E-state index contributed by atoms with van der Waals surface area (Å²) in [6, 6.07) is 11.0. The first-order chi connectivity index (χ1) is 14.0. The van der Waals surface area contributed by atoms with Crippen LogP contribution in [0.2, 0.25) is 0 Å². The molecule has 0 radical (unpaired) electrons.